The Balaban J connectivity index is 2.10. The van der Waals surface area contributed by atoms with Crippen LogP contribution in [-0.2, 0) is 32.7 Å². The van der Waals surface area contributed by atoms with Gasteiger partial charge in [0.1, 0.15) is 30.5 Å². The maximum Gasteiger partial charge on any atom is 0.421 e. The van der Waals surface area contributed by atoms with Crippen LogP contribution in [0, 0.1) is 5.82 Å². The third kappa shape index (κ3) is 10.7. The number of benzene rings is 3. The van der Waals surface area contributed by atoms with Crippen molar-refractivity contribution in [2.24, 2.45) is 0 Å². The van der Waals surface area contributed by atoms with Crippen molar-refractivity contribution in [3.05, 3.63) is 78.6 Å². The zero-order valence-electron chi connectivity index (χ0n) is 26.4. The molecule has 0 aliphatic heterocycles. The third-order valence-electron chi connectivity index (χ3n) is 6.47. The Morgan fingerprint density at radius 2 is 0.980 bits per heavy atom. The maximum absolute atomic E-state index is 15.1. The molecule has 0 aliphatic rings. The second-order valence-electron chi connectivity index (χ2n) is 9.89. The smallest absolute Gasteiger partial charge is 0.421 e. The van der Waals surface area contributed by atoms with Gasteiger partial charge in [-0.15, -0.1) is 0 Å². The first-order valence-corrected chi connectivity index (χ1v) is 17.4. The largest absolute Gasteiger partial charge is 0.491 e. The van der Waals surface area contributed by atoms with Crippen LogP contribution in [0.5, 0.6) is 11.5 Å². The second-order valence-corrected chi connectivity index (χ2v) is 14.4. The van der Waals surface area contributed by atoms with E-state index >= 15 is 8.78 Å². The lowest BCUT2D eigenvalue weighted by atomic mass is 10.3. The molecular formula is C31H36F6O10S2. The van der Waals surface area contributed by atoms with Crippen molar-refractivity contribution in [1.29, 1.82) is 0 Å². The number of halogens is 6. The molecule has 0 bridgehead atoms. The van der Waals surface area contributed by atoms with Crippen molar-refractivity contribution in [3.8, 4) is 11.5 Å². The zero-order chi connectivity index (χ0) is 36.1. The van der Waals surface area contributed by atoms with E-state index in [1.165, 1.54) is 62.8 Å². The highest BCUT2D eigenvalue weighted by Gasteiger charge is 2.65. The van der Waals surface area contributed by atoms with Gasteiger partial charge in [0.2, 0.25) is 6.10 Å². The van der Waals surface area contributed by atoms with Gasteiger partial charge in [-0.1, -0.05) is 0 Å². The fourth-order valence-electron chi connectivity index (χ4n) is 4.04. The van der Waals surface area contributed by atoms with Crippen molar-refractivity contribution in [2.75, 3.05) is 67.1 Å². The van der Waals surface area contributed by atoms with Gasteiger partial charge in [-0.2, -0.15) is 30.4 Å². The van der Waals surface area contributed by atoms with Gasteiger partial charge in [0.25, 0.3) is 0 Å². The number of rotatable bonds is 21. The summed E-state index contributed by atoms with van der Waals surface area (Å²) in [5.41, 5.74) is 0. The van der Waals surface area contributed by atoms with E-state index in [1.807, 2.05) is 0 Å². The summed E-state index contributed by atoms with van der Waals surface area (Å²) >= 11 is 0. The molecule has 1 atom stereocenters. The Morgan fingerprint density at radius 1 is 0.612 bits per heavy atom. The van der Waals surface area contributed by atoms with E-state index in [1.54, 1.807) is 0 Å². The van der Waals surface area contributed by atoms with Crippen molar-refractivity contribution in [1.82, 2.24) is 0 Å². The van der Waals surface area contributed by atoms with Crippen molar-refractivity contribution in [3.63, 3.8) is 0 Å². The van der Waals surface area contributed by atoms with Crippen molar-refractivity contribution >= 4 is 20.4 Å². The van der Waals surface area contributed by atoms with Crippen molar-refractivity contribution < 1.29 is 71.9 Å². The number of aliphatic hydroxyl groups is 1. The molecule has 1 N–H and O–H groups in total. The fraction of sp³-hybridized carbons (Fsp3) is 0.419. The normalized spacial score (nSPS) is 13.7. The molecule has 0 fully saturated rings. The summed E-state index contributed by atoms with van der Waals surface area (Å²) in [5.74, 6) is -0.307. The van der Waals surface area contributed by atoms with Crippen LogP contribution in [0.15, 0.2) is 87.5 Å². The van der Waals surface area contributed by atoms with E-state index in [0.29, 0.717) is 26.4 Å². The Kier molecular flexibility index (Phi) is 15.0. The molecular weight excluding hydrogens is 710 g/mol. The summed E-state index contributed by atoms with van der Waals surface area (Å²) < 4.78 is 147. The number of ether oxygens (including phenoxy) is 6. The molecule has 0 aromatic heterocycles. The minimum Gasteiger partial charge on any atom is -0.491 e. The number of methoxy groups -OCH3 is 2. The molecule has 1 unspecified atom stereocenters. The molecule has 0 spiro atoms. The molecule has 3 aromatic rings. The number of alkyl halides is 5. The minimum absolute atomic E-state index is 0.0876. The molecule has 10 nitrogen and oxygen atoms in total. The molecule has 49 heavy (non-hydrogen) atoms. The Labute approximate surface area is 281 Å². The SMILES string of the molecule is COCCOCCOc1ccc(S(OS(=O)(=O)C(F)(F)C(O)C(F)(F)F)(c2ccc(F)cc2)c2ccc(OCCOCCOC)cc2)cc1. The quantitative estimate of drug-likeness (QED) is 0.103. The second kappa shape index (κ2) is 18.2. The van der Waals surface area contributed by atoms with Crippen LogP contribution in [-0.4, -0.2) is 98.1 Å². The van der Waals surface area contributed by atoms with Gasteiger partial charge < -0.3 is 33.5 Å². The monoisotopic (exact) mass is 746 g/mol. The number of aliphatic hydroxyl groups excluding tert-OH is 1. The van der Waals surface area contributed by atoms with Crippen molar-refractivity contribution in [2.45, 2.75) is 32.2 Å². The summed E-state index contributed by atoms with van der Waals surface area (Å²) in [7, 11) is -7.56. The first-order chi connectivity index (χ1) is 23.2. The van der Waals surface area contributed by atoms with Gasteiger partial charge in [-0.25, -0.2) is 8.02 Å². The van der Waals surface area contributed by atoms with E-state index < -0.39 is 43.8 Å². The van der Waals surface area contributed by atoms with Gasteiger partial charge in [0.05, 0.1) is 39.6 Å². The first-order valence-electron chi connectivity index (χ1n) is 14.5. The zero-order valence-corrected chi connectivity index (χ0v) is 28.0. The van der Waals surface area contributed by atoms with E-state index in [4.69, 9.17) is 32.1 Å². The summed E-state index contributed by atoms with van der Waals surface area (Å²) in [6, 6.07) is 14.4. The Bertz CT molecular complexity index is 1460. The molecule has 0 amide bonds. The van der Waals surface area contributed by atoms with Crippen LogP contribution in [0.4, 0.5) is 26.3 Å². The Hall–Kier alpha value is -3.10. The molecule has 0 radical (unpaired) electrons. The van der Waals surface area contributed by atoms with E-state index in [0.717, 1.165) is 24.3 Å². The van der Waals surface area contributed by atoms with Crippen LogP contribution in [0.3, 0.4) is 0 Å². The van der Waals surface area contributed by atoms with E-state index in [-0.39, 0.29) is 52.6 Å². The molecule has 3 rings (SSSR count). The maximum atomic E-state index is 15.1. The van der Waals surface area contributed by atoms with Crippen LogP contribution in [0.25, 0.3) is 0 Å². The summed E-state index contributed by atoms with van der Waals surface area (Å²) in [5, 5.41) is 3.57. The molecule has 3 aromatic carbocycles. The molecule has 18 heteroatoms. The van der Waals surface area contributed by atoms with Crippen LogP contribution in [0.1, 0.15) is 0 Å². The van der Waals surface area contributed by atoms with Crippen LogP contribution >= 0.6 is 10.3 Å². The average Bonchev–Trinajstić information content (AvgIpc) is 3.07. The van der Waals surface area contributed by atoms with Gasteiger partial charge in [0, 0.05) is 28.9 Å². The lowest BCUT2D eigenvalue weighted by molar-refractivity contribution is -0.248. The lowest BCUT2D eigenvalue weighted by Gasteiger charge is -2.40. The highest BCUT2D eigenvalue weighted by atomic mass is 32.3. The standard InChI is InChI=1S/C31H36F6O10S2/c1-41-15-17-43-19-21-45-24-5-11-27(12-6-24)48(26-9-3-23(32)4-10-26,47-49(39,40)31(36,37)29(38)30(33,34)35)28-13-7-25(8-14-28)46-22-20-44-18-16-42-2/h3-14,29,38H,15-22H2,1-2H3. The highest BCUT2D eigenvalue weighted by Crippen LogP contribution is 2.71. The molecule has 0 aliphatic carbocycles. The first kappa shape index (κ1) is 40.3. The predicted molar refractivity (Wildman–Crippen MR) is 165 cm³/mol. The number of hydrogen-bond donors (Lipinski definition) is 1. The average molecular weight is 747 g/mol. The minimum atomic E-state index is -6.60. The van der Waals surface area contributed by atoms with Gasteiger partial charge in [0.15, 0.2) is 0 Å². The lowest BCUT2D eigenvalue weighted by Crippen LogP contribution is -2.50. The molecule has 0 heterocycles. The van der Waals surface area contributed by atoms with Crippen LogP contribution < -0.4 is 9.47 Å². The Morgan fingerprint density at radius 3 is 1.35 bits per heavy atom. The van der Waals surface area contributed by atoms with Crippen LogP contribution in [0.2, 0.25) is 0 Å². The van der Waals surface area contributed by atoms with Gasteiger partial charge in [-0.05, 0) is 83.1 Å². The topological polar surface area (TPSA) is 119 Å². The predicted octanol–water partition coefficient (Wildman–Crippen LogP) is 5.97. The van der Waals surface area contributed by atoms with Gasteiger partial charge >= 0.3 is 21.5 Å². The molecule has 274 valence electrons. The molecule has 0 saturated heterocycles. The van der Waals surface area contributed by atoms with Gasteiger partial charge in [-0.3, -0.25) is 0 Å². The number of hydrogen-bond acceptors (Lipinski definition) is 10. The van der Waals surface area contributed by atoms with E-state index in [2.05, 4.69) is 0 Å². The third-order valence-corrected chi connectivity index (χ3v) is 11.7. The molecule has 0 saturated carbocycles. The summed E-state index contributed by atoms with van der Waals surface area (Å²) in [4.78, 5) is -0.400. The van der Waals surface area contributed by atoms with E-state index in [9.17, 15) is 31.1 Å². The summed E-state index contributed by atoms with van der Waals surface area (Å²) in [6.45, 7) is 1.89. The summed E-state index contributed by atoms with van der Waals surface area (Å²) in [6.07, 6.45) is -10.7. The highest BCUT2D eigenvalue weighted by molar-refractivity contribution is 8.33. The fourth-order valence-corrected chi connectivity index (χ4v) is 9.20.